The second-order valence-corrected chi connectivity index (χ2v) is 9.31. The molecule has 27 heavy (non-hydrogen) atoms. The maximum absolute atomic E-state index is 13.2. The number of amides is 2. The Balaban J connectivity index is 1.36. The van der Waals surface area contributed by atoms with E-state index >= 15 is 0 Å². The standard InChI is InChI=1S/C22H29N3O2/c23-22(8-9-22)20(27)24-12-10-21(11-13-24)14-18(16-4-2-1-3-5-16)19(26)25(15-21)17-6-7-17/h1-5,17-18H,6-15,23H2/t18-/m1/s1. The SMILES string of the molecule is NC1(C(=O)N2CCC3(CC2)C[C@H](c2ccccc2)C(=O)N(C2CC2)C3)CC1. The zero-order chi connectivity index (χ0) is 18.6. The zero-order valence-electron chi connectivity index (χ0n) is 15.9. The van der Waals surface area contributed by atoms with Crippen molar-refractivity contribution in [3.63, 3.8) is 0 Å². The van der Waals surface area contributed by atoms with Gasteiger partial charge >= 0.3 is 0 Å². The average molecular weight is 367 g/mol. The minimum atomic E-state index is -0.570. The molecule has 2 aliphatic heterocycles. The molecule has 5 heteroatoms. The number of nitrogens with zero attached hydrogens (tertiary/aromatic N) is 2. The van der Waals surface area contributed by atoms with Crippen molar-refractivity contribution < 1.29 is 9.59 Å². The van der Waals surface area contributed by atoms with Crippen LogP contribution in [0, 0.1) is 5.41 Å². The van der Waals surface area contributed by atoms with E-state index in [9.17, 15) is 9.59 Å². The quantitative estimate of drug-likeness (QED) is 0.891. The summed E-state index contributed by atoms with van der Waals surface area (Å²) in [5.41, 5.74) is 6.84. The minimum Gasteiger partial charge on any atom is -0.341 e. The lowest BCUT2D eigenvalue weighted by Gasteiger charge is -2.50. The summed E-state index contributed by atoms with van der Waals surface area (Å²) in [6, 6.07) is 10.7. The van der Waals surface area contributed by atoms with Crippen LogP contribution in [0.5, 0.6) is 0 Å². The van der Waals surface area contributed by atoms with Crippen molar-refractivity contribution in [1.82, 2.24) is 9.80 Å². The number of rotatable bonds is 3. The summed E-state index contributed by atoms with van der Waals surface area (Å²) in [5, 5.41) is 0. The Labute approximate surface area is 160 Å². The highest BCUT2D eigenvalue weighted by atomic mass is 16.2. The first-order valence-electron chi connectivity index (χ1n) is 10.4. The van der Waals surface area contributed by atoms with Gasteiger partial charge in [0, 0.05) is 25.7 Å². The summed E-state index contributed by atoms with van der Waals surface area (Å²) in [6.07, 6.45) is 6.81. The summed E-state index contributed by atoms with van der Waals surface area (Å²) in [6.45, 7) is 2.44. The number of hydrogen-bond donors (Lipinski definition) is 1. The molecule has 2 aliphatic carbocycles. The average Bonchev–Trinajstić information content (AvgIpc) is 3.61. The lowest BCUT2D eigenvalue weighted by molar-refractivity contribution is -0.145. The molecule has 0 unspecified atom stereocenters. The van der Waals surface area contributed by atoms with E-state index in [1.165, 1.54) is 0 Å². The number of benzene rings is 1. The summed E-state index contributed by atoms with van der Waals surface area (Å²) >= 11 is 0. The Hall–Kier alpha value is -1.88. The topological polar surface area (TPSA) is 66.6 Å². The summed E-state index contributed by atoms with van der Waals surface area (Å²) in [7, 11) is 0. The van der Waals surface area contributed by atoms with Crippen LogP contribution in [-0.2, 0) is 9.59 Å². The molecule has 1 atom stereocenters. The molecule has 1 spiro atoms. The first-order valence-corrected chi connectivity index (χ1v) is 10.4. The zero-order valence-corrected chi connectivity index (χ0v) is 15.9. The van der Waals surface area contributed by atoms with Crippen molar-refractivity contribution in [2.24, 2.45) is 11.1 Å². The van der Waals surface area contributed by atoms with Crippen LogP contribution in [-0.4, -0.2) is 52.8 Å². The molecule has 0 radical (unpaired) electrons. The molecule has 1 aromatic carbocycles. The molecule has 2 heterocycles. The van der Waals surface area contributed by atoms with Gasteiger partial charge in [-0.15, -0.1) is 0 Å². The van der Waals surface area contributed by atoms with Gasteiger partial charge in [-0.1, -0.05) is 30.3 Å². The van der Waals surface area contributed by atoms with Gasteiger partial charge in [-0.25, -0.2) is 0 Å². The number of carbonyl (C=O) groups is 2. The van der Waals surface area contributed by atoms with Crippen molar-refractivity contribution >= 4 is 11.8 Å². The van der Waals surface area contributed by atoms with Crippen LogP contribution in [0.4, 0.5) is 0 Å². The van der Waals surface area contributed by atoms with Gasteiger partial charge < -0.3 is 15.5 Å². The highest BCUT2D eigenvalue weighted by molar-refractivity contribution is 5.89. The van der Waals surface area contributed by atoms with Crippen molar-refractivity contribution in [2.75, 3.05) is 19.6 Å². The third-order valence-electron chi connectivity index (χ3n) is 7.24. The molecule has 1 aromatic rings. The molecule has 5 rings (SSSR count). The Kier molecular flexibility index (Phi) is 3.87. The van der Waals surface area contributed by atoms with Gasteiger partial charge in [0.2, 0.25) is 11.8 Å². The largest absolute Gasteiger partial charge is 0.341 e. The first-order chi connectivity index (χ1) is 13.0. The fourth-order valence-corrected chi connectivity index (χ4v) is 5.08. The second kappa shape index (κ2) is 6.06. The van der Waals surface area contributed by atoms with Gasteiger partial charge in [0.05, 0.1) is 11.5 Å². The number of likely N-dealkylation sites (tertiary alicyclic amines) is 2. The van der Waals surface area contributed by atoms with Gasteiger partial charge in [-0.3, -0.25) is 9.59 Å². The molecule has 0 bridgehead atoms. The van der Waals surface area contributed by atoms with Crippen molar-refractivity contribution in [3.05, 3.63) is 35.9 Å². The molecule has 4 aliphatic rings. The van der Waals surface area contributed by atoms with Crippen LogP contribution in [0.2, 0.25) is 0 Å². The van der Waals surface area contributed by atoms with E-state index in [2.05, 4.69) is 17.0 Å². The Morgan fingerprint density at radius 2 is 1.70 bits per heavy atom. The number of hydrogen-bond acceptors (Lipinski definition) is 3. The molecule has 2 N–H and O–H groups in total. The molecule has 0 aromatic heterocycles. The molecule has 5 nitrogen and oxygen atoms in total. The Morgan fingerprint density at radius 3 is 2.30 bits per heavy atom. The predicted octanol–water partition coefficient (Wildman–Crippen LogP) is 2.26. The summed E-state index contributed by atoms with van der Waals surface area (Å²) in [4.78, 5) is 30.0. The van der Waals surface area contributed by atoms with E-state index in [-0.39, 0.29) is 17.2 Å². The first kappa shape index (κ1) is 17.2. The van der Waals surface area contributed by atoms with Crippen molar-refractivity contribution in [1.29, 1.82) is 0 Å². The highest BCUT2D eigenvalue weighted by Gasteiger charge is 2.52. The Morgan fingerprint density at radius 1 is 1.04 bits per heavy atom. The second-order valence-electron chi connectivity index (χ2n) is 9.31. The number of carbonyl (C=O) groups excluding carboxylic acids is 2. The van der Waals surface area contributed by atoms with Gasteiger partial charge in [0.1, 0.15) is 0 Å². The predicted molar refractivity (Wildman–Crippen MR) is 103 cm³/mol. The molecule has 2 amide bonds. The van der Waals surface area contributed by atoms with E-state index in [0.717, 1.165) is 70.1 Å². The van der Waals surface area contributed by atoms with E-state index in [0.29, 0.717) is 11.9 Å². The minimum absolute atomic E-state index is 0.0351. The molecule has 2 saturated heterocycles. The lowest BCUT2D eigenvalue weighted by atomic mass is 9.67. The van der Waals surface area contributed by atoms with Gasteiger partial charge in [-0.2, -0.15) is 0 Å². The van der Waals surface area contributed by atoms with Gasteiger partial charge in [-0.05, 0) is 55.9 Å². The number of nitrogens with two attached hydrogens (primary N) is 1. The highest BCUT2D eigenvalue weighted by Crippen LogP contribution is 2.48. The van der Waals surface area contributed by atoms with E-state index in [1.807, 2.05) is 23.1 Å². The van der Waals surface area contributed by atoms with Crippen LogP contribution < -0.4 is 5.73 Å². The van der Waals surface area contributed by atoms with Crippen LogP contribution in [0.3, 0.4) is 0 Å². The van der Waals surface area contributed by atoms with Crippen LogP contribution >= 0.6 is 0 Å². The maximum atomic E-state index is 13.2. The molecule has 144 valence electrons. The fourth-order valence-electron chi connectivity index (χ4n) is 5.08. The van der Waals surface area contributed by atoms with Gasteiger partial charge in [0.25, 0.3) is 0 Å². The number of piperidine rings is 2. The third-order valence-corrected chi connectivity index (χ3v) is 7.24. The molecule has 2 saturated carbocycles. The summed E-state index contributed by atoms with van der Waals surface area (Å²) < 4.78 is 0. The smallest absolute Gasteiger partial charge is 0.242 e. The van der Waals surface area contributed by atoms with E-state index < -0.39 is 5.54 Å². The lowest BCUT2D eigenvalue weighted by Crippen LogP contribution is -2.57. The fraction of sp³-hybridized carbons (Fsp3) is 0.636. The normalized spacial score (nSPS) is 29.1. The maximum Gasteiger partial charge on any atom is 0.242 e. The van der Waals surface area contributed by atoms with Crippen molar-refractivity contribution in [3.8, 4) is 0 Å². The monoisotopic (exact) mass is 367 g/mol. The van der Waals surface area contributed by atoms with Gasteiger partial charge in [0.15, 0.2) is 0 Å². The van der Waals surface area contributed by atoms with E-state index in [4.69, 9.17) is 5.73 Å². The third kappa shape index (κ3) is 3.06. The Bertz CT molecular complexity index is 746. The molecule has 4 fully saturated rings. The van der Waals surface area contributed by atoms with Crippen molar-refractivity contribution in [2.45, 2.75) is 62.4 Å². The van der Waals surface area contributed by atoms with Crippen LogP contribution in [0.1, 0.15) is 56.4 Å². The van der Waals surface area contributed by atoms with E-state index in [1.54, 1.807) is 0 Å². The van der Waals surface area contributed by atoms with Crippen LogP contribution in [0.15, 0.2) is 30.3 Å². The molecular weight excluding hydrogens is 338 g/mol. The summed E-state index contributed by atoms with van der Waals surface area (Å²) in [5.74, 6) is 0.418. The van der Waals surface area contributed by atoms with Crippen LogP contribution in [0.25, 0.3) is 0 Å². The molecular formula is C22H29N3O2.